The molecule has 1 aliphatic rings. The molecule has 0 saturated carbocycles. The Morgan fingerprint density at radius 2 is 1.80 bits per heavy atom. The number of aryl methyl sites for hydroxylation is 2. The van der Waals surface area contributed by atoms with Crippen molar-refractivity contribution in [3.8, 4) is 11.3 Å². The molecular weight excluding hydrogens is 557 g/mol. The van der Waals surface area contributed by atoms with Gasteiger partial charge in [-0.1, -0.05) is 50.6 Å². The van der Waals surface area contributed by atoms with E-state index in [1.165, 1.54) is 17.7 Å². The lowest BCUT2D eigenvalue weighted by molar-refractivity contribution is -0.137. The Balaban J connectivity index is 1.45. The summed E-state index contributed by atoms with van der Waals surface area (Å²) in [5.74, 6) is -1.28. The summed E-state index contributed by atoms with van der Waals surface area (Å²) in [6.07, 6.45) is -2.97. The molecule has 212 valence electrons. The largest absolute Gasteiger partial charge is 0.416 e. The van der Waals surface area contributed by atoms with Crippen molar-refractivity contribution in [1.29, 1.82) is 0 Å². The Labute approximate surface area is 238 Å². The summed E-state index contributed by atoms with van der Waals surface area (Å²) < 4.78 is 40.7. The van der Waals surface area contributed by atoms with Gasteiger partial charge in [0.15, 0.2) is 0 Å². The summed E-state index contributed by atoms with van der Waals surface area (Å²) in [5, 5.41) is 10.3. The highest BCUT2D eigenvalue weighted by molar-refractivity contribution is 6.34. The van der Waals surface area contributed by atoms with E-state index < -0.39 is 23.6 Å². The fourth-order valence-corrected chi connectivity index (χ4v) is 4.90. The lowest BCUT2D eigenvalue weighted by atomic mass is 9.85. The van der Waals surface area contributed by atoms with E-state index in [-0.39, 0.29) is 33.1 Å². The number of halogens is 4. The van der Waals surface area contributed by atoms with Crippen LogP contribution in [0.2, 0.25) is 5.02 Å². The van der Waals surface area contributed by atoms with Gasteiger partial charge in [-0.15, -0.1) is 0 Å². The second kappa shape index (κ2) is 10.2. The summed E-state index contributed by atoms with van der Waals surface area (Å²) in [4.78, 5) is 29.2. The minimum absolute atomic E-state index is 0.00129. The lowest BCUT2D eigenvalue weighted by Crippen LogP contribution is -2.15. The summed E-state index contributed by atoms with van der Waals surface area (Å²) in [7, 11) is 0. The zero-order valence-electron chi connectivity index (χ0n) is 22.4. The number of anilines is 3. The van der Waals surface area contributed by atoms with Crippen molar-refractivity contribution in [3.05, 3.63) is 87.6 Å². The predicted octanol–water partition coefficient (Wildman–Crippen LogP) is 6.57. The van der Waals surface area contributed by atoms with Crippen molar-refractivity contribution in [3.63, 3.8) is 0 Å². The molecule has 1 aliphatic heterocycles. The summed E-state index contributed by atoms with van der Waals surface area (Å²) in [6.45, 7) is 6.92. The number of primary amides is 1. The first-order valence-corrected chi connectivity index (χ1v) is 13.1. The van der Waals surface area contributed by atoms with Crippen LogP contribution in [0.25, 0.3) is 11.3 Å². The third kappa shape index (κ3) is 5.62. The number of rotatable bonds is 4. The molecule has 8 nitrogen and oxygen atoms in total. The number of fused-ring (bicyclic) bond motifs is 2. The minimum atomic E-state index is -4.59. The average Bonchev–Trinajstić information content (AvgIpc) is 3.15. The Bertz CT molecular complexity index is 1690. The number of carbonyl (C=O) groups excluding carboxylic acids is 2. The normalized spacial score (nSPS) is 13.0. The molecule has 5 rings (SSSR count). The van der Waals surface area contributed by atoms with E-state index in [0.717, 1.165) is 29.6 Å². The molecule has 12 heteroatoms. The highest BCUT2D eigenvalue weighted by atomic mass is 35.5. The maximum Gasteiger partial charge on any atom is 0.416 e. The van der Waals surface area contributed by atoms with E-state index in [1.54, 1.807) is 10.7 Å². The van der Waals surface area contributed by atoms with E-state index >= 15 is 0 Å². The SMILES string of the molecule is CC(C)(C)c1ccc2c(c1)CCn1nc(-c3ccc(C(=O)Nc4cc(C(F)(F)F)ccn4)c(Cl)c3)c(C(N)=O)c1N2. The van der Waals surface area contributed by atoms with Gasteiger partial charge >= 0.3 is 6.18 Å². The monoisotopic (exact) mass is 582 g/mol. The first-order valence-electron chi connectivity index (χ1n) is 12.7. The number of nitrogens with two attached hydrogens (primary N) is 1. The Hall–Kier alpha value is -4.38. The number of hydrogen-bond acceptors (Lipinski definition) is 5. The highest BCUT2D eigenvalue weighted by Gasteiger charge is 2.31. The molecule has 0 aliphatic carbocycles. The van der Waals surface area contributed by atoms with Crippen LogP contribution in [-0.2, 0) is 24.6 Å². The van der Waals surface area contributed by atoms with Crippen LogP contribution in [0.4, 0.5) is 30.5 Å². The van der Waals surface area contributed by atoms with E-state index in [9.17, 15) is 22.8 Å². The Kier molecular flexibility index (Phi) is 7.02. The molecule has 2 amide bonds. The smallest absolute Gasteiger partial charge is 0.365 e. The van der Waals surface area contributed by atoms with Crippen LogP contribution in [0.5, 0.6) is 0 Å². The van der Waals surface area contributed by atoms with Gasteiger partial charge in [-0.05, 0) is 53.3 Å². The van der Waals surface area contributed by atoms with Gasteiger partial charge in [-0.2, -0.15) is 18.3 Å². The van der Waals surface area contributed by atoms with Crippen LogP contribution in [-0.4, -0.2) is 26.6 Å². The molecule has 2 aromatic carbocycles. The van der Waals surface area contributed by atoms with Gasteiger partial charge in [0.2, 0.25) is 0 Å². The third-order valence-corrected chi connectivity index (χ3v) is 7.14. The molecule has 0 saturated heterocycles. The molecule has 0 fully saturated rings. The number of carbonyl (C=O) groups is 2. The van der Waals surface area contributed by atoms with E-state index in [4.69, 9.17) is 17.3 Å². The first kappa shape index (κ1) is 28.2. The second-order valence-corrected chi connectivity index (χ2v) is 11.1. The van der Waals surface area contributed by atoms with Crippen LogP contribution in [0.3, 0.4) is 0 Å². The van der Waals surface area contributed by atoms with Crippen LogP contribution >= 0.6 is 11.6 Å². The molecule has 0 atom stereocenters. The lowest BCUT2D eigenvalue weighted by Gasteiger charge is -2.21. The van der Waals surface area contributed by atoms with Crippen LogP contribution < -0.4 is 16.4 Å². The molecule has 4 N–H and O–H groups in total. The van der Waals surface area contributed by atoms with Crippen LogP contribution in [0.1, 0.15) is 58.2 Å². The number of benzene rings is 2. The van der Waals surface area contributed by atoms with Crippen molar-refractivity contribution >= 4 is 40.7 Å². The molecule has 0 unspecified atom stereocenters. The van der Waals surface area contributed by atoms with Crippen molar-refractivity contribution in [2.45, 2.75) is 45.3 Å². The van der Waals surface area contributed by atoms with Gasteiger partial charge in [0, 0.05) is 24.0 Å². The molecule has 2 aromatic heterocycles. The number of amides is 2. The average molecular weight is 583 g/mol. The minimum Gasteiger partial charge on any atom is -0.365 e. The van der Waals surface area contributed by atoms with Gasteiger partial charge in [-0.25, -0.2) is 9.67 Å². The second-order valence-electron chi connectivity index (χ2n) is 10.7. The molecule has 0 radical (unpaired) electrons. The predicted molar refractivity (Wildman–Crippen MR) is 151 cm³/mol. The van der Waals surface area contributed by atoms with Crippen LogP contribution in [0.15, 0.2) is 54.7 Å². The number of aromatic nitrogens is 3. The number of alkyl halides is 3. The van der Waals surface area contributed by atoms with Gasteiger partial charge in [0.1, 0.15) is 22.9 Å². The summed E-state index contributed by atoms with van der Waals surface area (Å²) in [5.41, 5.74) is 8.84. The molecular formula is C29H26ClF3N6O2. The van der Waals surface area contributed by atoms with Crippen molar-refractivity contribution in [1.82, 2.24) is 14.8 Å². The zero-order chi connectivity index (χ0) is 29.7. The molecule has 0 spiro atoms. The number of hydrogen-bond donors (Lipinski definition) is 3. The third-order valence-electron chi connectivity index (χ3n) is 6.83. The van der Waals surface area contributed by atoms with Crippen molar-refractivity contribution < 1.29 is 22.8 Å². The van der Waals surface area contributed by atoms with E-state index in [1.807, 2.05) is 12.1 Å². The first-order chi connectivity index (χ1) is 19.2. The molecule has 41 heavy (non-hydrogen) atoms. The molecule has 3 heterocycles. The van der Waals surface area contributed by atoms with Gasteiger partial charge in [0.25, 0.3) is 11.8 Å². The maximum atomic E-state index is 13.0. The van der Waals surface area contributed by atoms with Crippen molar-refractivity contribution in [2.24, 2.45) is 5.73 Å². The van der Waals surface area contributed by atoms with Gasteiger partial charge in [-0.3, -0.25) is 9.59 Å². The standard InChI is InChI=1S/C29H26ClF3N6O2/c1-28(2,3)17-5-7-21-15(12-17)9-11-39-26(36-21)23(25(34)40)24(38-39)16-4-6-19(20(30)13-16)27(41)37-22-14-18(8-10-35-22)29(31,32)33/h4-8,10,12-14,36H,9,11H2,1-3H3,(H2,34,40)(H,35,37,41). The quantitative estimate of drug-likeness (QED) is 0.252. The Morgan fingerprint density at radius 1 is 1.05 bits per heavy atom. The molecule has 4 aromatic rings. The topological polar surface area (TPSA) is 115 Å². The molecule has 0 bridgehead atoms. The fraction of sp³-hybridized carbons (Fsp3) is 0.241. The van der Waals surface area contributed by atoms with E-state index in [0.29, 0.717) is 24.3 Å². The number of nitrogens with zero attached hydrogens (tertiary/aromatic N) is 3. The van der Waals surface area contributed by atoms with Gasteiger partial charge < -0.3 is 16.4 Å². The fourth-order valence-electron chi connectivity index (χ4n) is 4.63. The number of pyridine rings is 1. The maximum absolute atomic E-state index is 13.0. The highest BCUT2D eigenvalue weighted by Crippen LogP contribution is 2.37. The van der Waals surface area contributed by atoms with Crippen molar-refractivity contribution in [2.75, 3.05) is 10.6 Å². The summed E-state index contributed by atoms with van der Waals surface area (Å²) >= 11 is 6.42. The van der Waals surface area contributed by atoms with Gasteiger partial charge in [0.05, 0.1) is 16.1 Å². The number of nitrogens with one attached hydrogen (secondary N) is 2. The Morgan fingerprint density at radius 3 is 2.46 bits per heavy atom. The zero-order valence-corrected chi connectivity index (χ0v) is 23.1. The van der Waals surface area contributed by atoms with Crippen LogP contribution in [0, 0.1) is 0 Å². The summed E-state index contributed by atoms with van der Waals surface area (Å²) in [6, 6.07) is 12.1. The van der Waals surface area contributed by atoms with E-state index in [2.05, 4.69) is 47.6 Å².